The number of hydrogen-bond donors (Lipinski definition) is 0. The largest absolute Gasteiger partial charge is 0.0798 e. The highest BCUT2D eigenvalue weighted by atomic mass is 14.5. The average Bonchev–Trinajstić information content (AvgIpc) is 3.36. The Morgan fingerprint density at radius 2 is 1.13 bits per heavy atom. The van der Waals surface area contributed by atoms with Gasteiger partial charge in [-0.3, -0.25) is 0 Å². The van der Waals surface area contributed by atoms with E-state index in [1.54, 1.807) is 0 Å². The van der Waals surface area contributed by atoms with Gasteiger partial charge in [0.05, 0.1) is 0 Å². The van der Waals surface area contributed by atoms with Crippen LogP contribution in [0, 0.1) is 12.8 Å². The zero-order chi connectivity index (χ0) is 32.2. The Balaban J connectivity index is 0.000000770. The summed E-state index contributed by atoms with van der Waals surface area (Å²) < 4.78 is 0. The first-order chi connectivity index (χ1) is 21.3. The second kappa shape index (κ2) is 10.1. The molecule has 0 nitrogen and oxygen atoms in total. The highest BCUT2D eigenvalue weighted by Gasteiger charge is 2.43. The Hall–Kier alpha value is -3.90. The maximum absolute atomic E-state index is 2.58. The Labute approximate surface area is 270 Å². The van der Waals surface area contributed by atoms with E-state index in [1.807, 2.05) is 0 Å². The highest BCUT2D eigenvalue weighted by Crippen LogP contribution is 2.59. The third-order valence-electron chi connectivity index (χ3n) is 10.7. The lowest BCUT2D eigenvalue weighted by molar-refractivity contribution is 0.651. The summed E-state index contributed by atoms with van der Waals surface area (Å²) in [5.74, 6) is 1.31. The summed E-state index contributed by atoms with van der Waals surface area (Å²) >= 11 is 0. The number of benzene rings is 6. The van der Waals surface area contributed by atoms with Crippen molar-refractivity contribution >= 4 is 38.4 Å². The molecule has 0 bridgehead atoms. The number of hydrogen-bond acceptors (Lipinski definition) is 0. The minimum Gasteiger partial charge on any atom is -0.0798 e. The first kappa shape index (κ1) is 29.8. The van der Waals surface area contributed by atoms with Crippen LogP contribution in [0.4, 0.5) is 0 Å². The van der Waals surface area contributed by atoms with E-state index in [2.05, 4.69) is 155 Å². The highest BCUT2D eigenvalue weighted by molar-refractivity contribution is 6.18. The summed E-state index contributed by atoms with van der Waals surface area (Å²) in [6.07, 6.45) is 2.26. The van der Waals surface area contributed by atoms with Crippen LogP contribution in [-0.4, -0.2) is 0 Å². The molecule has 0 heterocycles. The van der Waals surface area contributed by atoms with Crippen molar-refractivity contribution in [1.82, 2.24) is 0 Å². The molecule has 0 aliphatic heterocycles. The van der Waals surface area contributed by atoms with Crippen LogP contribution in [0.15, 0.2) is 72.8 Å². The minimum absolute atomic E-state index is 0.0654. The predicted octanol–water partition coefficient (Wildman–Crippen LogP) is 12.4. The molecule has 228 valence electrons. The number of fused-ring (bicyclic) bond motifs is 9. The minimum atomic E-state index is -0.0786. The van der Waals surface area contributed by atoms with Gasteiger partial charge in [-0.15, -0.1) is 0 Å². The van der Waals surface area contributed by atoms with Crippen molar-refractivity contribution < 1.29 is 0 Å². The predicted molar refractivity (Wildman–Crippen MR) is 199 cm³/mol. The second-order valence-corrected chi connectivity index (χ2v) is 15.7. The zero-order valence-electron chi connectivity index (χ0n) is 29.2. The standard InChI is InChI=1S/C41H38.C4H10/c1-9-24-16-17-28-37-25(15-14-23(4)36(24)37)18-34-39(28)31-21-32-30(20-33(31)40(34,5)6)38-27-13-11-10-12-26(27)29(22(2)3)19-35(38)41(32,7)8;1-4(2)3/h9-22H,1-8H3;4H,1-3H3/b24-9-;. The van der Waals surface area contributed by atoms with Crippen LogP contribution in [0.1, 0.15) is 109 Å². The lowest BCUT2D eigenvalue weighted by Crippen LogP contribution is -2.17. The maximum Gasteiger partial charge on any atom is 0.0159 e. The zero-order valence-corrected chi connectivity index (χ0v) is 29.2. The molecule has 0 spiro atoms. The van der Waals surface area contributed by atoms with E-state index in [-0.39, 0.29) is 10.8 Å². The summed E-state index contributed by atoms with van der Waals surface area (Å²) in [7, 11) is 0. The number of aryl methyl sites for hydroxylation is 1. The molecule has 0 N–H and O–H groups in total. The van der Waals surface area contributed by atoms with Crippen LogP contribution in [0.2, 0.25) is 0 Å². The van der Waals surface area contributed by atoms with Crippen LogP contribution in [0.3, 0.4) is 0 Å². The second-order valence-electron chi connectivity index (χ2n) is 15.7. The molecule has 0 amide bonds. The SMILES string of the molecule is C/C=c1/ccc2c3c(cc4ccc(C)c1c42)C(C)(C)c1cc2c(cc1-3)C(C)(C)c1cc(C(C)C)c3ccccc3c1-2.CC(C)C. The topological polar surface area (TPSA) is 0 Å². The average molecular weight is 589 g/mol. The Morgan fingerprint density at radius 1 is 0.578 bits per heavy atom. The fourth-order valence-corrected chi connectivity index (χ4v) is 8.45. The van der Waals surface area contributed by atoms with Gasteiger partial charge in [-0.2, -0.15) is 0 Å². The van der Waals surface area contributed by atoms with Crippen molar-refractivity contribution in [3.05, 3.63) is 111 Å². The van der Waals surface area contributed by atoms with E-state index < -0.39 is 0 Å². The van der Waals surface area contributed by atoms with Gasteiger partial charge in [0, 0.05) is 10.8 Å². The van der Waals surface area contributed by atoms with Gasteiger partial charge >= 0.3 is 0 Å². The molecule has 2 aliphatic rings. The molecule has 0 fully saturated rings. The van der Waals surface area contributed by atoms with Crippen LogP contribution in [0.5, 0.6) is 0 Å². The van der Waals surface area contributed by atoms with Gasteiger partial charge in [0.1, 0.15) is 0 Å². The van der Waals surface area contributed by atoms with E-state index >= 15 is 0 Å². The molecule has 45 heavy (non-hydrogen) atoms. The van der Waals surface area contributed by atoms with E-state index in [4.69, 9.17) is 0 Å². The third kappa shape index (κ3) is 4.10. The van der Waals surface area contributed by atoms with Crippen molar-refractivity contribution in [2.75, 3.05) is 0 Å². The van der Waals surface area contributed by atoms with Crippen molar-refractivity contribution in [2.45, 2.75) is 92.9 Å². The van der Waals surface area contributed by atoms with Gasteiger partial charge in [-0.1, -0.05) is 123 Å². The normalized spacial score (nSPS) is 15.9. The lowest BCUT2D eigenvalue weighted by Gasteiger charge is -2.25. The molecular formula is C45H48. The van der Waals surface area contributed by atoms with Crippen LogP contribution >= 0.6 is 0 Å². The van der Waals surface area contributed by atoms with Crippen molar-refractivity contribution in [3.8, 4) is 22.3 Å². The van der Waals surface area contributed by atoms with Gasteiger partial charge in [0.2, 0.25) is 0 Å². The molecule has 8 rings (SSSR count). The summed E-state index contributed by atoms with van der Waals surface area (Å²) in [4.78, 5) is 0. The quantitative estimate of drug-likeness (QED) is 0.179. The van der Waals surface area contributed by atoms with E-state index in [0.717, 1.165) is 5.92 Å². The molecule has 6 aromatic rings. The van der Waals surface area contributed by atoms with Gasteiger partial charge in [-0.05, 0) is 137 Å². The van der Waals surface area contributed by atoms with Gasteiger partial charge in [0.15, 0.2) is 0 Å². The van der Waals surface area contributed by atoms with Gasteiger partial charge in [0.25, 0.3) is 0 Å². The number of rotatable bonds is 1. The molecular weight excluding hydrogens is 540 g/mol. The molecule has 0 saturated carbocycles. The Bertz CT molecular complexity index is 2230. The fourth-order valence-electron chi connectivity index (χ4n) is 8.45. The first-order valence-corrected chi connectivity index (χ1v) is 17.0. The van der Waals surface area contributed by atoms with Crippen molar-refractivity contribution in [2.24, 2.45) is 5.92 Å². The summed E-state index contributed by atoms with van der Waals surface area (Å²) in [6.45, 7) is 25.3. The monoisotopic (exact) mass is 588 g/mol. The van der Waals surface area contributed by atoms with Crippen LogP contribution in [-0.2, 0) is 10.8 Å². The molecule has 0 radical (unpaired) electrons. The molecule has 0 atom stereocenters. The molecule has 6 aromatic carbocycles. The van der Waals surface area contributed by atoms with Crippen molar-refractivity contribution in [1.29, 1.82) is 0 Å². The Kier molecular flexibility index (Phi) is 6.65. The molecule has 0 heteroatoms. The van der Waals surface area contributed by atoms with Crippen LogP contribution < -0.4 is 5.22 Å². The smallest absolute Gasteiger partial charge is 0.0159 e. The summed E-state index contributed by atoms with van der Waals surface area (Å²) in [5.41, 5.74) is 14.3. The third-order valence-corrected chi connectivity index (χ3v) is 10.7. The fraction of sp³-hybridized carbons (Fsp3) is 0.333. The van der Waals surface area contributed by atoms with E-state index in [0.29, 0.717) is 5.92 Å². The van der Waals surface area contributed by atoms with Gasteiger partial charge < -0.3 is 0 Å². The molecule has 0 aromatic heterocycles. The Morgan fingerprint density at radius 3 is 1.71 bits per heavy atom. The molecule has 2 aliphatic carbocycles. The lowest BCUT2D eigenvalue weighted by atomic mass is 9.78. The summed E-state index contributed by atoms with van der Waals surface area (Å²) in [6, 6.07) is 28.6. The molecule has 0 saturated heterocycles. The summed E-state index contributed by atoms with van der Waals surface area (Å²) in [5, 5.41) is 9.70. The van der Waals surface area contributed by atoms with Crippen LogP contribution in [0.25, 0.3) is 60.6 Å². The van der Waals surface area contributed by atoms with Crippen molar-refractivity contribution in [3.63, 3.8) is 0 Å². The first-order valence-electron chi connectivity index (χ1n) is 17.0. The maximum atomic E-state index is 2.58. The molecule has 0 unspecified atom stereocenters. The van der Waals surface area contributed by atoms with E-state index in [1.165, 1.54) is 93.2 Å². The van der Waals surface area contributed by atoms with Gasteiger partial charge in [-0.25, -0.2) is 0 Å². The van der Waals surface area contributed by atoms with E-state index in [9.17, 15) is 0 Å².